The van der Waals surface area contributed by atoms with Gasteiger partial charge in [0.1, 0.15) is 0 Å². The number of benzene rings is 1. The quantitative estimate of drug-likeness (QED) is 0.697. The standard InChI is InChI=1S/C17H27NO5S/c1-3-9-22-16-8-7-15(12-17(16)23-10-4-2)24(19,20)18-13-14-6-5-11-21-14/h7-8,12,14,18H,3-6,9-11,13H2,1-2H3. The Labute approximate surface area is 144 Å². The molecule has 1 aliphatic rings. The summed E-state index contributed by atoms with van der Waals surface area (Å²) in [5.41, 5.74) is 0. The fourth-order valence-corrected chi connectivity index (χ4v) is 3.48. The van der Waals surface area contributed by atoms with E-state index in [2.05, 4.69) is 4.72 Å². The van der Waals surface area contributed by atoms with Crippen LogP contribution in [0.3, 0.4) is 0 Å². The second-order valence-electron chi connectivity index (χ2n) is 5.79. The molecule has 1 heterocycles. The van der Waals surface area contributed by atoms with Crippen molar-refractivity contribution in [3.05, 3.63) is 18.2 Å². The Balaban J connectivity index is 2.11. The summed E-state index contributed by atoms with van der Waals surface area (Å²) < 4.78 is 44.3. The van der Waals surface area contributed by atoms with Crippen molar-refractivity contribution in [3.8, 4) is 11.5 Å². The number of sulfonamides is 1. The molecule has 0 saturated carbocycles. The first-order chi connectivity index (χ1) is 11.6. The molecule has 0 aromatic heterocycles. The summed E-state index contributed by atoms with van der Waals surface area (Å²) in [7, 11) is -3.60. The molecule has 2 rings (SSSR count). The Morgan fingerprint density at radius 3 is 2.50 bits per heavy atom. The van der Waals surface area contributed by atoms with Gasteiger partial charge < -0.3 is 14.2 Å². The number of ether oxygens (including phenoxy) is 3. The van der Waals surface area contributed by atoms with Crippen LogP contribution in [0.15, 0.2) is 23.1 Å². The Kier molecular flexibility index (Phi) is 7.33. The fourth-order valence-electron chi connectivity index (χ4n) is 2.40. The molecule has 1 saturated heterocycles. The van der Waals surface area contributed by atoms with Crippen LogP contribution in [-0.4, -0.2) is 40.9 Å². The van der Waals surface area contributed by atoms with E-state index in [1.807, 2.05) is 13.8 Å². The van der Waals surface area contributed by atoms with Crippen molar-refractivity contribution in [2.45, 2.75) is 50.5 Å². The molecule has 1 N–H and O–H groups in total. The first kappa shape index (κ1) is 19.0. The normalized spacial score (nSPS) is 17.8. The number of nitrogens with one attached hydrogen (secondary N) is 1. The van der Waals surface area contributed by atoms with Crippen LogP contribution in [-0.2, 0) is 14.8 Å². The second-order valence-corrected chi connectivity index (χ2v) is 7.56. The van der Waals surface area contributed by atoms with Crippen molar-refractivity contribution < 1.29 is 22.6 Å². The van der Waals surface area contributed by atoms with Crippen molar-refractivity contribution in [3.63, 3.8) is 0 Å². The maximum Gasteiger partial charge on any atom is 0.240 e. The van der Waals surface area contributed by atoms with Crippen LogP contribution in [0.25, 0.3) is 0 Å². The SMILES string of the molecule is CCCOc1ccc(S(=O)(=O)NCC2CCCO2)cc1OCCC. The largest absolute Gasteiger partial charge is 0.490 e. The van der Waals surface area contributed by atoms with E-state index in [4.69, 9.17) is 14.2 Å². The average molecular weight is 357 g/mol. The Morgan fingerprint density at radius 2 is 1.88 bits per heavy atom. The van der Waals surface area contributed by atoms with E-state index in [1.54, 1.807) is 12.1 Å². The predicted molar refractivity (Wildman–Crippen MR) is 92.2 cm³/mol. The van der Waals surface area contributed by atoms with Gasteiger partial charge in [-0.25, -0.2) is 13.1 Å². The smallest absolute Gasteiger partial charge is 0.240 e. The lowest BCUT2D eigenvalue weighted by Gasteiger charge is -2.15. The van der Waals surface area contributed by atoms with Crippen molar-refractivity contribution in [1.29, 1.82) is 0 Å². The van der Waals surface area contributed by atoms with Gasteiger partial charge in [-0.15, -0.1) is 0 Å². The van der Waals surface area contributed by atoms with Gasteiger partial charge in [-0.05, 0) is 37.8 Å². The van der Waals surface area contributed by atoms with Crippen LogP contribution in [0, 0.1) is 0 Å². The van der Waals surface area contributed by atoms with E-state index in [-0.39, 0.29) is 11.0 Å². The first-order valence-corrected chi connectivity index (χ1v) is 10.1. The fraction of sp³-hybridized carbons (Fsp3) is 0.647. The van der Waals surface area contributed by atoms with E-state index in [0.717, 1.165) is 25.7 Å². The molecule has 0 spiro atoms. The highest BCUT2D eigenvalue weighted by Crippen LogP contribution is 2.30. The lowest BCUT2D eigenvalue weighted by molar-refractivity contribution is 0.114. The van der Waals surface area contributed by atoms with Gasteiger partial charge in [-0.1, -0.05) is 13.8 Å². The summed E-state index contributed by atoms with van der Waals surface area (Å²) in [5, 5.41) is 0. The zero-order chi connectivity index (χ0) is 17.4. The number of hydrogen-bond donors (Lipinski definition) is 1. The van der Waals surface area contributed by atoms with Crippen LogP contribution in [0.2, 0.25) is 0 Å². The third-order valence-electron chi connectivity index (χ3n) is 3.67. The summed E-state index contributed by atoms with van der Waals surface area (Å²) >= 11 is 0. The summed E-state index contributed by atoms with van der Waals surface area (Å²) in [4.78, 5) is 0.176. The molecule has 1 unspecified atom stereocenters. The molecule has 0 radical (unpaired) electrons. The summed E-state index contributed by atoms with van der Waals surface area (Å²) in [6.07, 6.45) is 3.53. The van der Waals surface area contributed by atoms with E-state index in [0.29, 0.717) is 37.9 Å². The summed E-state index contributed by atoms with van der Waals surface area (Å²) in [5.74, 6) is 1.04. The first-order valence-electron chi connectivity index (χ1n) is 8.57. The van der Waals surface area contributed by atoms with Crippen LogP contribution in [0.4, 0.5) is 0 Å². The van der Waals surface area contributed by atoms with E-state index in [9.17, 15) is 8.42 Å². The topological polar surface area (TPSA) is 73.9 Å². The Morgan fingerprint density at radius 1 is 1.17 bits per heavy atom. The maximum absolute atomic E-state index is 12.5. The molecule has 0 amide bonds. The highest BCUT2D eigenvalue weighted by Gasteiger charge is 2.21. The molecular formula is C17H27NO5S. The third kappa shape index (κ3) is 5.36. The minimum absolute atomic E-state index is 0.0391. The molecule has 1 aromatic rings. The lowest BCUT2D eigenvalue weighted by Crippen LogP contribution is -2.31. The van der Waals surface area contributed by atoms with Gasteiger partial charge in [-0.3, -0.25) is 0 Å². The van der Waals surface area contributed by atoms with Gasteiger partial charge in [0.15, 0.2) is 11.5 Å². The van der Waals surface area contributed by atoms with Crippen molar-refractivity contribution >= 4 is 10.0 Å². The van der Waals surface area contributed by atoms with Gasteiger partial charge in [0.05, 0.1) is 24.2 Å². The molecule has 1 aliphatic heterocycles. The average Bonchev–Trinajstić information content (AvgIpc) is 3.10. The molecule has 7 heteroatoms. The number of hydrogen-bond acceptors (Lipinski definition) is 5. The van der Waals surface area contributed by atoms with Crippen molar-refractivity contribution in [1.82, 2.24) is 4.72 Å². The van der Waals surface area contributed by atoms with Crippen molar-refractivity contribution in [2.24, 2.45) is 0 Å². The van der Waals surface area contributed by atoms with E-state index >= 15 is 0 Å². The second kappa shape index (κ2) is 9.25. The maximum atomic E-state index is 12.5. The summed E-state index contributed by atoms with van der Waals surface area (Å²) in [6, 6.07) is 4.72. The van der Waals surface area contributed by atoms with Gasteiger partial charge >= 0.3 is 0 Å². The molecule has 6 nitrogen and oxygen atoms in total. The van der Waals surface area contributed by atoms with Crippen LogP contribution < -0.4 is 14.2 Å². The van der Waals surface area contributed by atoms with E-state index in [1.165, 1.54) is 6.07 Å². The molecular weight excluding hydrogens is 330 g/mol. The molecule has 0 aliphatic carbocycles. The number of rotatable bonds is 10. The van der Waals surface area contributed by atoms with Crippen LogP contribution in [0.1, 0.15) is 39.5 Å². The molecule has 24 heavy (non-hydrogen) atoms. The monoisotopic (exact) mass is 357 g/mol. The highest BCUT2D eigenvalue weighted by atomic mass is 32.2. The highest BCUT2D eigenvalue weighted by molar-refractivity contribution is 7.89. The molecule has 1 atom stereocenters. The van der Waals surface area contributed by atoms with Gasteiger partial charge in [0, 0.05) is 19.2 Å². The zero-order valence-corrected chi connectivity index (χ0v) is 15.2. The van der Waals surface area contributed by atoms with Gasteiger partial charge in [0.25, 0.3) is 0 Å². The van der Waals surface area contributed by atoms with Gasteiger partial charge in [0.2, 0.25) is 10.0 Å². The molecule has 136 valence electrons. The molecule has 1 aromatic carbocycles. The zero-order valence-electron chi connectivity index (χ0n) is 14.4. The molecule has 1 fully saturated rings. The van der Waals surface area contributed by atoms with Crippen LogP contribution >= 0.6 is 0 Å². The van der Waals surface area contributed by atoms with Crippen molar-refractivity contribution in [2.75, 3.05) is 26.4 Å². The summed E-state index contributed by atoms with van der Waals surface area (Å²) in [6.45, 7) is 6.07. The minimum atomic E-state index is -3.60. The van der Waals surface area contributed by atoms with Gasteiger partial charge in [-0.2, -0.15) is 0 Å². The van der Waals surface area contributed by atoms with E-state index < -0.39 is 10.0 Å². The lowest BCUT2D eigenvalue weighted by atomic mass is 10.2. The van der Waals surface area contributed by atoms with Crippen LogP contribution in [0.5, 0.6) is 11.5 Å². The molecule has 0 bridgehead atoms. The Hall–Kier alpha value is -1.31. The minimum Gasteiger partial charge on any atom is -0.490 e. The third-order valence-corrected chi connectivity index (χ3v) is 5.10. The predicted octanol–water partition coefficient (Wildman–Crippen LogP) is 2.72. The Bertz CT molecular complexity index is 611.